The van der Waals surface area contributed by atoms with Crippen LogP contribution in [0.25, 0.3) is 11.5 Å². The second-order valence-corrected chi connectivity index (χ2v) is 6.06. The van der Waals surface area contributed by atoms with Gasteiger partial charge in [-0.3, -0.25) is 0 Å². The highest BCUT2D eigenvalue weighted by Crippen LogP contribution is 2.19. The van der Waals surface area contributed by atoms with E-state index in [0.29, 0.717) is 5.56 Å². The largest absolute Gasteiger partial charge is 0.867 e. The molecular formula is C21H17FN2O2S. The van der Waals surface area contributed by atoms with E-state index in [2.05, 4.69) is 5.32 Å². The van der Waals surface area contributed by atoms with Gasteiger partial charge in [0.2, 0.25) is 5.70 Å². The van der Waals surface area contributed by atoms with E-state index < -0.39 is 5.82 Å². The van der Waals surface area contributed by atoms with Crippen LogP contribution >= 0.6 is 12.2 Å². The first-order valence-electron chi connectivity index (χ1n) is 8.18. The van der Waals surface area contributed by atoms with Crippen molar-refractivity contribution in [3.05, 3.63) is 90.5 Å². The van der Waals surface area contributed by atoms with Gasteiger partial charge in [-0.05, 0) is 47.7 Å². The fourth-order valence-corrected chi connectivity index (χ4v) is 2.80. The summed E-state index contributed by atoms with van der Waals surface area (Å²) in [5.41, 5.74) is 1.34. The Morgan fingerprint density at radius 1 is 1.00 bits per heavy atom. The number of aromatic nitrogens is 1. The van der Waals surface area contributed by atoms with Gasteiger partial charge in [0, 0.05) is 17.8 Å². The van der Waals surface area contributed by atoms with E-state index in [1.165, 1.54) is 24.3 Å². The normalized spacial score (nSPS) is 11.5. The van der Waals surface area contributed by atoms with Gasteiger partial charge in [-0.2, -0.15) is 4.57 Å². The number of ether oxygens (including phenoxy) is 1. The molecule has 0 aliphatic carbocycles. The molecule has 4 nitrogen and oxygen atoms in total. The molecule has 0 fully saturated rings. The van der Waals surface area contributed by atoms with Crippen LogP contribution in [0.5, 0.6) is 5.75 Å². The lowest BCUT2D eigenvalue weighted by Gasteiger charge is -2.17. The summed E-state index contributed by atoms with van der Waals surface area (Å²) in [7, 11) is 1.59. The van der Waals surface area contributed by atoms with Crippen molar-refractivity contribution in [1.29, 1.82) is 0 Å². The maximum Gasteiger partial charge on any atom is 0.238 e. The van der Waals surface area contributed by atoms with E-state index in [-0.39, 0.29) is 16.4 Å². The van der Waals surface area contributed by atoms with Crippen LogP contribution in [0, 0.1) is 5.82 Å². The van der Waals surface area contributed by atoms with Crippen molar-refractivity contribution >= 4 is 34.3 Å². The summed E-state index contributed by atoms with van der Waals surface area (Å²) in [4.78, 5) is 0.255. The molecule has 0 aliphatic rings. The summed E-state index contributed by atoms with van der Waals surface area (Å²) in [6, 6.07) is 18.0. The summed E-state index contributed by atoms with van der Waals surface area (Å²) in [5.74, 6) is 0.00658. The summed E-state index contributed by atoms with van der Waals surface area (Å²) in [6.45, 7) is 0. The Bertz CT molecular complexity index is 956. The average Bonchev–Trinajstić information content (AvgIpc) is 2.70. The van der Waals surface area contributed by atoms with E-state index in [0.717, 1.165) is 11.4 Å². The van der Waals surface area contributed by atoms with Gasteiger partial charge in [-0.1, -0.05) is 30.4 Å². The van der Waals surface area contributed by atoms with E-state index in [1.54, 1.807) is 60.5 Å². The van der Waals surface area contributed by atoms with Gasteiger partial charge < -0.3 is 15.2 Å². The molecular weight excluding hydrogens is 363 g/mol. The molecule has 136 valence electrons. The second kappa shape index (κ2) is 8.42. The number of hydrogen-bond donors (Lipinski definition) is 1. The van der Waals surface area contributed by atoms with Crippen molar-refractivity contribution in [3.63, 3.8) is 0 Å². The number of methoxy groups -OCH3 is 1. The third kappa shape index (κ3) is 4.48. The Hall–Kier alpha value is -3.25. The minimum atomic E-state index is -0.403. The lowest BCUT2D eigenvalue weighted by atomic mass is 10.1. The molecule has 0 unspecified atom stereocenters. The summed E-state index contributed by atoms with van der Waals surface area (Å²) < 4.78 is 20.0. The summed E-state index contributed by atoms with van der Waals surface area (Å²) in [6.07, 6.45) is 3.47. The zero-order valence-electron chi connectivity index (χ0n) is 14.6. The molecule has 0 atom stereocenters. The zero-order valence-corrected chi connectivity index (χ0v) is 15.4. The van der Waals surface area contributed by atoms with Crippen LogP contribution in [0.1, 0.15) is 5.56 Å². The first-order chi connectivity index (χ1) is 13.1. The molecule has 0 amide bonds. The van der Waals surface area contributed by atoms with Crippen LogP contribution in [0.2, 0.25) is 0 Å². The van der Waals surface area contributed by atoms with Crippen LogP contribution in [-0.4, -0.2) is 12.1 Å². The molecule has 6 heteroatoms. The topological polar surface area (TPSA) is 48.2 Å². The maximum atomic E-state index is 13.2. The smallest absolute Gasteiger partial charge is 0.238 e. The first-order valence-corrected chi connectivity index (χ1v) is 8.58. The average molecular weight is 380 g/mol. The number of nitrogens with zero attached hydrogens (tertiary/aromatic N) is 1. The molecule has 1 aromatic heterocycles. The summed E-state index contributed by atoms with van der Waals surface area (Å²) in [5, 5.41) is 16.1. The molecule has 3 rings (SSSR count). The number of halogens is 1. The van der Waals surface area contributed by atoms with Crippen molar-refractivity contribution in [2.24, 2.45) is 0 Å². The number of pyridine rings is 1. The minimum Gasteiger partial charge on any atom is -0.867 e. The Morgan fingerprint density at radius 3 is 2.22 bits per heavy atom. The van der Waals surface area contributed by atoms with Gasteiger partial charge in [0.15, 0.2) is 17.4 Å². The number of rotatable bonds is 5. The zero-order chi connectivity index (χ0) is 19.2. The Morgan fingerprint density at radius 2 is 1.63 bits per heavy atom. The van der Waals surface area contributed by atoms with Crippen LogP contribution < -0.4 is 19.7 Å². The van der Waals surface area contributed by atoms with E-state index in [1.807, 2.05) is 6.07 Å². The quantitative estimate of drug-likeness (QED) is 0.320. The molecule has 0 spiro atoms. The third-order valence-corrected chi connectivity index (χ3v) is 4.15. The first kappa shape index (κ1) is 18.5. The van der Waals surface area contributed by atoms with Crippen molar-refractivity contribution < 1.29 is 18.8 Å². The van der Waals surface area contributed by atoms with Crippen molar-refractivity contribution in [2.75, 3.05) is 12.4 Å². The molecule has 1 heterocycles. The molecule has 3 aromatic rings. The molecule has 0 aliphatic heterocycles. The lowest BCUT2D eigenvalue weighted by Crippen LogP contribution is -2.39. The predicted molar refractivity (Wildman–Crippen MR) is 105 cm³/mol. The number of hydrogen-bond acceptors (Lipinski definition) is 3. The Balaban J connectivity index is 2.00. The SMILES string of the molecule is COc1ccc(NC(=S)/C(=C(\[O-])c2ccc(F)cc2)[n+]2ccccc2)cc1. The standard InChI is InChI=1S/C21H17FN2O2S/c1-26-18-11-9-17(10-12-18)23-21(27)19(24-13-3-2-4-14-24)20(25)15-5-7-16(22)8-6-15/h2-14H,1H3,(H-,23,25,27). The van der Waals surface area contributed by atoms with E-state index in [9.17, 15) is 9.50 Å². The van der Waals surface area contributed by atoms with Crippen LogP contribution in [-0.2, 0) is 0 Å². The Labute approximate surface area is 162 Å². The van der Waals surface area contributed by atoms with Crippen LogP contribution in [0.4, 0.5) is 10.1 Å². The number of anilines is 1. The van der Waals surface area contributed by atoms with Crippen molar-refractivity contribution in [3.8, 4) is 5.75 Å². The molecule has 1 N–H and O–H groups in total. The fourth-order valence-electron chi connectivity index (χ4n) is 2.49. The maximum absolute atomic E-state index is 13.2. The number of benzene rings is 2. The van der Waals surface area contributed by atoms with E-state index >= 15 is 0 Å². The number of nitrogens with one attached hydrogen (secondary N) is 1. The fraction of sp³-hybridized carbons (Fsp3) is 0.0476. The Kier molecular flexibility index (Phi) is 5.78. The number of thiocarbonyl (C=S) groups is 1. The molecule has 27 heavy (non-hydrogen) atoms. The molecule has 0 bridgehead atoms. The third-order valence-electron chi connectivity index (χ3n) is 3.86. The van der Waals surface area contributed by atoms with Crippen LogP contribution in [0.3, 0.4) is 0 Å². The van der Waals surface area contributed by atoms with Crippen molar-refractivity contribution in [2.45, 2.75) is 0 Å². The molecule has 2 aromatic carbocycles. The monoisotopic (exact) mass is 380 g/mol. The van der Waals surface area contributed by atoms with E-state index in [4.69, 9.17) is 17.0 Å². The van der Waals surface area contributed by atoms with Crippen LogP contribution in [0.15, 0.2) is 79.1 Å². The lowest BCUT2D eigenvalue weighted by molar-refractivity contribution is -0.577. The molecule has 0 radical (unpaired) electrons. The van der Waals surface area contributed by atoms with Gasteiger partial charge in [0.25, 0.3) is 0 Å². The summed E-state index contributed by atoms with van der Waals surface area (Å²) >= 11 is 5.51. The van der Waals surface area contributed by atoms with Gasteiger partial charge in [-0.25, -0.2) is 4.39 Å². The highest BCUT2D eigenvalue weighted by atomic mass is 32.1. The minimum absolute atomic E-state index is 0.255. The highest BCUT2D eigenvalue weighted by molar-refractivity contribution is 7.81. The van der Waals surface area contributed by atoms with Gasteiger partial charge >= 0.3 is 0 Å². The van der Waals surface area contributed by atoms with Gasteiger partial charge in [0.05, 0.1) is 7.11 Å². The molecule has 0 saturated heterocycles. The second-order valence-electron chi connectivity index (χ2n) is 5.65. The molecule has 0 saturated carbocycles. The predicted octanol–water partition coefficient (Wildman–Crippen LogP) is 3.25. The highest BCUT2D eigenvalue weighted by Gasteiger charge is 2.18. The van der Waals surface area contributed by atoms with Gasteiger partial charge in [0.1, 0.15) is 11.6 Å². The van der Waals surface area contributed by atoms with Crippen molar-refractivity contribution in [1.82, 2.24) is 0 Å². The van der Waals surface area contributed by atoms with Gasteiger partial charge in [-0.15, -0.1) is 0 Å².